The summed E-state index contributed by atoms with van der Waals surface area (Å²) in [7, 11) is 0. The third kappa shape index (κ3) is 3.11. The maximum absolute atomic E-state index is 11.4. The number of carboxylic acid groups (broad SMARTS) is 1. The van der Waals surface area contributed by atoms with Crippen molar-refractivity contribution in [3.05, 3.63) is 40.9 Å². The minimum absolute atomic E-state index is 0.185. The monoisotopic (exact) mass is 356 g/mol. The number of aliphatic carboxylic acids is 1. The Labute approximate surface area is 152 Å². The van der Waals surface area contributed by atoms with Crippen molar-refractivity contribution >= 4 is 17.3 Å². The van der Waals surface area contributed by atoms with Crippen LogP contribution in [0, 0.1) is 5.92 Å². The van der Waals surface area contributed by atoms with E-state index in [0.29, 0.717) is 12.0 Å². The van der Waals surface area contributed by atoms with Gasteiger partial charge in [-0.1, -0.05) is 38.1 Å². The first-order chi connectivity index (χ1) is 12.0. The van der Waals surface area contributed by atoms with Crippen LogP contribution in [0.2, 0.25) is 0 Å². The Kier molecular flexibility index (Phi) is 4.38. The molecule has 2 aliphatic heterocycles. The maximum Gasteiger partial charge on any atom is 0.308 e. The molecule has 4 nitrogen and oxygen atoms in total. The van der Waals surface area contributed by atoms with Gasteiger partial charge in [0.1, 0.15) is 5.01 Å². The van der Waals surface area contributed by atoms with Gasteiger partial charge in [-0.25, -0.2) is 4.98 Å². The minimum atomic E-state index is -0.632. The Morgan fingerprint density at radius 3 is 2.72 bits per heavy atom. The minimum Gasteiger partial charge on any atom is -0.481 e. The van der Waals surface area contributed by atoms with Crippen molar-refractivity contribution in [3.63, 3.8) is 0 Å². The Morgan fingerprint density at radius 2 is 2.08 bits per heavy atom. The second-order valence-corrected chi connectivity index (χ2v) is 8.67. The Bertz CT molecular complexity index is 768. The summed E-state index contributed by atoms with van der Waals surface area (Å²) in [5.41, 5.74) is 2.50. The van der Waals surface area contributed by atoms with Gasteiger partial charge in [-0.15, -0.1) is 11.3 Å². The van der Waals surface area contributed by atoms with Gasteiger partial charge in [-0.05, 0) is 30.7 Å². The molecule has 2 fully saturated rings. The Morgan fingerprint density at radius 1 is 1.32 bits per heavy atom. The number of thiazole rings is 1. The number of rotatable bonds is 5. The smallest absolute Gasteiger partial charge is 0.308 e. The predicted octanol–water partition coefficient (Wildman–Crippen LogP) is 4.37. The van der Waals surface area contributed by atoms with E-state index in [1.165, 1.54) is 10.4 Å². The summed E-state index contributed by atoms with van der Waals surface area (Å²) in [6.45, 7) is 5.23. The van der Waals surface area contributed by atoms with Crippen LogP contribution in [0.1, 0.15) is 49.5 Å². The number of nitrogens with zero attached hydrogens (tertiary/aromatic N) is 2. The molecule has 1 aromatic carbocycles. The third-order valence-electron chi connectivity index (χ3n) is 5.71. The van der Waals surface area contributed by atoms with Crippen molar-refractivity contribution in [2.24, 2.45) is 5.92 Å². The zero-order valence-electron chi connectivity index (χ0n) is 14.7. The molecule has 3 heterocycles. The highest BCUT2D eigenvalue weighted by Crippen LogP contribution is 2.43. The fourth-order valence-electron chi connectivity index (χ4n) is 4.32. The molecule has 2 saturated heterocycles. The van der Waals surface area contributed by atoms with Gasteiger partial charge < -0.3 is 5.11 Å². The van der Waals surface area contributed by atoms with E-state index in [1.54, 1.807) is 11.3 Å². The van der Waals surface area contributed by atoms with Crippen molar-refractivity contribution in [1.82, 2.24) is 9.88 Å². The van der Waals surface area contributed by atoms with Crippen molar-refractivity contribution in [2.45, 2.75) is 57.7 Å². The molecular weight excluding hydrogens is 332 g/mol. The molecule has 0 spiro atoms. The molecule has 2 aromatic rings. The van der Waals surface area contributed by atoms with Gasteiger partial charge >= 0.3 is 5.97 Å². The molecule has 3 atom stereocenters. The number of aromatic nitrogens is 1. The van der Waals surface area contributed by atoms with Crippen LogP contribution in [0.25, 0.3) is 10.6 Å². The lowest BCUT2D eigenvalue weighted by molar-refractivity contribution is -0.142. The summed E-state index contributed by atoms with van der Waals surface area (Å²) >= 11 is 1.73. The molecule has 0 aliphatic carbocycles. The first-order valence-corrected chi connectivity index (χ1v) is 9.88. The van der Waals surface area contributed by atoms with Gasteiger partial charge in [0.05, 0.1) is 5.92 Å². The Balaban J connectivity index is 1.48. The van der Waals surface area contributed by atoms with Crippen molar-refractivity contribution in [3.8, 4) is 10.6 Å². The standard InChI is InChI=1S/C20H24N2O2S/c1-12(2)13-3-5-14(6-4-13)19-21-10-16(25-19)11-22-15-7-8-18(22)17(9-15)20(23)24/h3-6,10,12,15,17-18H,7-9,11H2,1-2H3,(H,23,24). The lowest BCUT2D eigenvalue weighted by Gasteiger charge is -2.21. The highest BCUT2D eigenvalue weighted by atomic mass is 32.1. The topological polar surface area (TPSA) is 53.4 Å². The summed E-state index contributed by atoms with van der Waals surface area (Å²) in [6.07, 6.45) is 4.92. The molecule has 2 aliphatic rings. The number of carboxylic acids is 1. The van der Waals surface area contributed by atoms with E-state index >= 15 is 0 Å². The molecule has 132 valence electrons. The molecule has 4 rings (SSSR count). The first kappa shape index (κ1) is 16.7. The molecule has 1 aromatic heterocycles. The van der Waals surface area contributed by atoms with E-state index in [2.05, 4.69) is 48.0 Å². The number of fused-ring (bicyclic) bond motifs is 2. The Hall–Kier alpha value is -1.72. The molecule has 0 radical (unpaired) electrons. The SMILES string of the molecule is CC(C)c1ccc(-c2ncc(CN3C4CCC3C(C(=O)O)C4)s2)cc1. The van der Waals surface area contributed by atoms with E-state index in [4.69, 9.17) is 0 Å². The fraction of sp³-hybridized carbons (Fsp3) is 0.500. The third-order valence-corrected chi connectivity index (χ3v) is 6.75. The van der Waals surface area contributed by atoms with E-state index in [9.17, 15) is 9.90 Å². The van der Waals surface area contributed by atoms with E-state index < -0.39 is 5.97 Å². The summed E-state index contributed by atoms with van der Waals surface area (Å²) < 4.78 is 0. The quantitative estimate of drug-likeness (QED) is 0.864. The van der Waals surface area contributed by atoms with Crippen molar-refractivity contribution in [1.29, 1.82) is 0 Å². The second-order valence-electron chi connectivity index (χ2n) is 7.56. The maximum atomic E-state index is 11.4. The van der Waals surface area contributed by atoms with Crippen LogP contribution in [0.4, 0.5) is 0 Å². The van der Waals surface area contributed by atoms with Crippen LogP contribution < -0.4 is 0 Å². The van der Waals surface area contributed by atoms with Gasteiger partial charge in [0.15, 0.2) is 0 Å². The summed E-state index contributed by atoms with van der Waals surface area (Å²) in [6, 6.07) is 9.30. The number of hydrogen-bond donors (Lipinski definition) is 1. The van der Waals surface area contributed by atoms with Crippen molar-refractivity contribution in [2.75, 3.05) is 0 Å². The molecule has 5 heteroatoms. The average molecular weight is 356 g/mol. The van der Waals surface area contributed by atoms with Crippen LogP contribution in [-0.2, 0) is 11.3 Å². The summed E-state index contributed by atoms with van der Waals surface area (Å²) in [4.78, 5) is 19.6. The van der Waals surface area contributed by atoms with Gasteiger partial charge in [0, 0.05) is 35.3 Å². The largest absolute Gasteiger partial charge is 0.481 e. The van der Waals surface area contributed by atoms with Crippen LogP contribution in [-0.4, -0.2) is 33.0 Å². The van der Waals surface area contributed by atoms with Crippen LogP contribution in [0.15, 0.2) is 30.5 Å². The molecule has 0 amide bonds. The fourth-order valence-corrected chi connectivity index (χ4v) is 5.24. The number of carbonyl (C=O) groups is 1. The summed E-state index contributed by atoms with van der Waals surface area (Å²) in [5, 5.41) is 10.4. The summed E-state index contributed by atoms with van der Waals surface area (Å²) in [5.74, 6) is -0.282. The highest BCUT2D eigenvalue weighted by Gasteiger charge is 2.49. The van der Waals surface area contributed by atoms with Crippen molar-refractivity contribution < 1.29 is 9.90 Å². The zero-order valence-corrected chi connectivity index (χ0v) is 15.5. The lowest BCUT2D eigenvalue weighted by Crippen LogP contribution is -2.32. The van der Waals surface area contributed by atoms with Crippen LogP contribution >= 0.6 is 11.3 Å². The van der Waals surface area contributed by atoms with E-state index in [-0.39, 0.29) is 12.0 Å². The highest BCUT2D eigenvalue weighted by molar-refractivity contribution is 7.15. The molecule has 0 saturated carbocycles. The molecule has 1 N–H and O–H groups in total. The average Bonchev–Trinajstić information content (AvgIpc) is 3.31. The first-order valence-electron chi connectivity index (χ1n) is 9.06. The van der Waals surface area contributed by atoms with Gasteiger partial charge in [0.25, 0.3) is 0 Å². The lowest BCUT2D eigenvalue weighted by atomic mass is 9.89. The van der Waals surface area contributed by atoms with E-state index in [0.717, 1.165) is 36.4 Å². The molecular formula is C20H24N2O2S. The molecule has 3 unspecified atom stereocenters. The van der Waals surface area contributed by atoms with Gasteiger partial charge in [-0.2, -0.15) is 0 Å². The van der Waals surface area contributed by atoms with Crippen LogP contribution in [0.5, 0.6) is 0 Å². The van der Waals surface area contributed by atoms with Crippen LogP contribution in [0.3, 0.4) is 0 Å². The van der Waals surface area contributed by atoms with Gasteiger partial charge in [0.2, 0.25) is 0 Å². The normalized spacial score (nSPS) is 25.8. The number of hydrogen-bond acceptors (Lipinski definition) is 4. The molecule has 2 bridgehead atoms. The number of benzene rings is 1. The predicted molar refractivity (Wildman–Crippen MR) is 99.7 cm³/mol. The zero-order chi connectivity index (χ0) is 17.6. The second kappa shape index (κ2) is 6.54. The van der Waals surface area contributed by atoms with E-state index in [1.807, 2.05) is 6.20 Å². The van der Waals surface area contributed by atoms with Gasteiger partial charge in [-0.3, -0.25) is 9.69 Å². The molecule has 25 heavy (non-hydrogen) atoms.